The first-order valence-electron chi connectivity index (χ1n) is 7.59. The highest BCUT2D eigenvalue weighted by atomic mass is 35.5. The summed E-state index contributed by atoms with van der Waals surface area (Å²) < 4.78 is 56.8. The van der Waals surface area contributed by atoms with Crippen molar-refractivity contribution >= 4 is 29.1 Å². The van der Waals surface area contributed by atoms with E-state index < -0.39 is 23.8 Å². The third-order valence-corrected chi connectivity index (χ3v) is 3.58. The number of hydroxylamine groups is 1. The van der Waals surface area contributed by atoms with E-state index in [0.29, 0.717) is 0 Å². The van der Waals surface area contributed by atoms with Gasteiger partial charge < -0.3 is 9.40 Å². The van der Waals surface area contributed by atoms with Crippen LogP contribution in [-0.2, 0) is 16.2 Å². The fourth-order valence-electron chi connectivity index (χ4n) is 2.00. The Kier molecular flexibility index (Phi) is 5.77. The summed E-state index contributed by atoms with van der Waals surface area (Å²) in [5.41, 5.74) is 1.79. The zero-order chi connectivity index (χ0) is 21.0. The zero-order valence-corrected chi connectivity index (χ0v) is 14.8. The molecule has 9 nitrogen and oxygen atoms in total. The molecule has 2 aromatic heterocycles. The van der Waals surface area contributed by atoms with E-state index in [-0.39, 0.29) is 28.6 Å². The molecule has 29 heavy (non-hydrogen) atoms. The summed E-state index contributed by atoms with van der Waals surface area (Å²) in [6, 6.07) is 3.29. The maximum absolute atomic E-state index is 13.3. The summed E-state index contributed by atoms with van der Waals surface area (Å²) in [5.74, 6) is -3.70. The van der Waals surface area contributed by atoms with Gasteiger partial charge in [0.15, 0.2) is 11.5 Å². The highest BCUT2D eigenvalue weighted by molar-refractivity contribution is 6.31. The zero-order valence-electron chi connectivity index (χ0n) is 14.0. The van der Waals surface area contributed by atoms with Crippen LogP contribution in [0.25, 0.3) is 0 Å². The third-order valence-electron chi connectivity index (χ3n) is 3.29. The van der Waals surface area contributed by atoms with Crippen LogP contribution in [0.2, 0.25) is 5.02 Å². The number of aliphatic imine (C=N–C) groups is 1. The predicted octanol–water partition coefficient (Wildman–Crippen LogP) is 2.80. The number of amidine groups is 1. The first-order chi connectivity index (χ1) is 13.7. The fourth-order valence-corrected chi connectivity index (χ4v) is 2.18. The molecule has 2 heterocycles. The number of halogens is 5. The fraction of sp³-hybridized carbons (Fsp3) is 0.133. The van der Waals surface area contributed by atoms with Gasteiger partial charge in [0, 0.05) is 12.4 Å². The number of alkyl halides is 3. The smallest absolute Gasteiger partial charge is 0.333 e. The topological polar surface area (TPSA) is 107 Å². The molecule has 0 radical (unpaired) electrons. The van der Waals surface area contributed by atoms with Crippen LogP contribution in [0.5, 0.6) is 0 Å². The summed E-state index contributed by atoms with van der Waals surface area (Å²) >= 11 is 5.68. The van der Waals surface area contributed by atoms with Crippen LogP contribution in [0, 0.1) is 5.82 Å². The number of hydrogen-bond acceptors (Lipinski definition) is 7. The SMILES string of the molecule is O=C(ONC(=Nc1ccc(F)c(Cl)c1)c1nonc1Cn1ccnc1)C(F)(F)F. The van der Waals surface area contributed by atoms with E-state index in [9.17, 15) is 22.4 Å². The number of rotatable bonds is 4. The van der Waals surface area contributed by atoms with Gasteiger partial charge >= 0.3 is 12.1 Å². The van der Waals surface area contributed by atoms with Crippen molar-refractivity contribution in [1.29, 1.82) is 0 Å². The largest absolute Gasteiger partial charge is 0.493 e. The maximum Gasteiger partial charge on any atom is 0.493 e. The normalized spacial score (nSPS) is 12.1. The van der Waals surface area contributed by atoms with Crippen LogP contribution in [0.15, 0.2) is 46.5 Å². The molecule has 0 spiro atoms. The van der Waals surface area contributed by atoms with Gasteiger partial charge in [0.2, 0.25) is 0 Å². The molecule has 0 saturated heterocycles. The molecule has 0 fully saturated rings. The summed E-state index contributed by atoms with van der Waals surface area (Å²) in [7, 11) is 0. The molecule has 3 aromatic rings. The monoisotopic (exact) mass is 432 g/mol. The Hall–Kier alpha value is -3.48. The lowest BCUT2D eigenvalue weighted by Gasteiger charge is -2.10. The first kappa shape index (κ1) is 20.3. The van der Waals surface area contributed by atoms with Crippen molar-refractivity contribution in [3.63, 3.8) is 0 Å². The number of carbonyl (C=O) groups excluding carboxylic acids is 1. The van der Waals surface area contributed by atoms with E-state index in [1.54, 1.807) is 16.2 Å². The molecule has 0 aliphatic heterocycles. The van der Waals surface area contributed by atoms with Gasteiger partial charge in [-0.3, -0.25) is 0 Å². The second-order valence-electron chi connectivity index (χ2n) is 5.34. The van der Waals surface area contributed by atoms with Gasteiger partial charge in [-0.15, -0.1) is 0 Å². The minimum atomic E-state index is -5.25. The first-order valence-corrected chi connectivity index (χ1v) is 7.97. The molecule has 14 heteroatoms. The number of nitrogens with one attached hydrogen (secondary N) is 1. The number of hydrogen-bond donors (Lipinski definition) is 1. The maximum atomic E-state index is 13.3. The molecule has 0 atom stereocenters. The molecule has 0 unspecified atom stereocenters. The second kappa shape index (κ2) is 8.26. The van der Waals surface area contributed by atoms with E-state index in [1.165, 1.54) is 18.6 Å². The average Bonchev–Trinajstić information content (AvgIpc) is 3.33. The van der Waals surface area contributed by atoms with E-state index in [0.717, 1.165) is 12.1 Å². The van der Waals surface area contributed by atoms with Crippen molar-refractivity contribution in [3.8, 4) is 0 Å². The number of aromatic nitrogens is 4. The summed E-state index contributed by atoms with van der Waals surface area (Å²) in [6.45, 7) is 0.0664. The molecule has 0 saturated carbocycles. The molecular formula is C15H9ClF4N6O3. The lowest BCUT2D eigenvalue weighted by atomic mass is 10.2. The Morgan fingerprint density at radius 3 is 2.79 bits per heavy atom. The Balaban J connectivity index is 1.94. The van der Waals surface area contributed by atoms with Gasteiger partial charge in [0.25, 0.3) is 0 Å². The van der Waals surface area contributed by atoms with E-state index in [2.05, 4.69) is 29.8 Å². The Bertz CT molecular complexity index is 1040. The summed E-state index contributed by atoms with van der Waals surface area (Å²) in [6.07, 6.45) is -0.719. The van der Waals surface area contributed by atoms with E-state index in [4.69, 9.17) is 11.6 Å². The molecule has 0 amide bonds. The highest BCUT2D eigenvalue weighted by Crippen LogP contribution is 2.23. The van der Waals surface area contributed by atoms with Gasteiger partial charge in [-0.25, -0.2) is 23.8 Å². The van der Waals surface area contributed by atoms with Crippen molar-refractivity contribution in [2.75, 3.05) is 0 Å². The predicted molar refractivity (Wildman–Crippen MR) is 88.5 cm³/mol. The summed E-state index contributed by atoms with van der Waals surface area (Å²) in [5, 5.41) is 6.95. The molecule has 3 rings (SSSR count). The van der Waals surface area contributed by atoms with Crippen LogP contribution in [0.4, 0.5) is 23.2 Å². The number of carbonyl (C=O) groups is 1. The van der Waals surface area contributed by atoms with Gasteiger partial charge in [-0.1, -0.05) is 16.8 Å². The van der Waals surface area contributed by atoms with Gasteiger partial charge in [0.1, 0.15) is 11.5 Å². The van der Waals surface area contributed by atoms with Crippen LogP contribution < -0.4 is 5.48 Å². The average molecular weight is 433 g/mol. The highest BCUT2D eigenvalue weighted by Gasteiger charge is 2.42. The molecule has 0 aliphatic rings. The quantitative estimate of drug-likeness (QED) is 0.292. The van der Waals surface area contributed by atoms with Gasteiger partial charge in [0.05, 0.1) is 23.6 Å². The Morgan fingerprint density at radius 1 is 1.34 bits per heavy atom. The summed E-state index contributed by atoms with van der Waals surface area (Å²) in [4.78, 5) is 22.9. The van der Waals surface area contributed by atoms with Crippen molar-refractivity contribution in [3.05, 3.63) is 59.1 Å². The van der Waals surface area contributed by atoms with E-state index >= 15 is 0 Å². The molecule has 152 valence electrons. The minimum Gasteiger partial charge on any atom is -0.333 e. The Morgan fingerprint density at radius 2 is 2.14 bits per heavy atom. The lowest BCUT2D eigenvalue weighted by molar-refractivity contribution is -0.203. The lowest BCUT2D eigenvalue weighted by Crippen LogP contribution is -2.35. The Labute approximate surface area is 163 Å². The van der Waals surface area contributed by atoms with E-state index in [1.807, 2.05) is 0 Å². The third kappa shape index (κ3) is 5.07. The standard InChI is InChI=1S/C15H9ClF4N6O3/c16-9-5-8(1-2-10(9)17)22-13(25-28-14(27)15(18,19)20)12-11(23-29-24-12)6-26-4-3-21-7-26/h1-5,7H,6H2,(H,22,25). The molecule has 1 N–H and O–H groups in total. The van der Waals surface area contributed by atoms with Crippen LogP contribution in [-0.4, -0.2) is 37.8 Å². The van der Waals surface area contributed by atoms with Gasteiger partial charge in [-0.05, 0) is 23.4 Å². The van der Waals surface area contributed by atoms with Crippen molar-refractivity contribution in [2.24, 2.45) is 4.99 Å². The van der Waals surface area contributed by atoms with Crippen molar-refractivity contribution in [1.82, 2.24) is 25.3 Å². The molecule has 0 bridgehead atoms. The molecule has 1 aromatic carbocycles. The van der Waals surface area contributed by atoms with Crippen molar-refractivity contribution in [2.45, 2.75) is 12.7 Å². The number of nitrogens with zero attached hydrogens (tertiary/aromatic N) is 5. The second-order valence-corrected chi connectivity index (χ2v) is 5.75. The van der Waals surface area contributed by atoms with Crippen molar-refractivity contribution < 1.29 is 31.8 Å². The molecular weight excluding hydrogens is 424 g/mol. The van der Waals surface area contributed by atoms with Crippen LogP contribution >= 0.6 is 11.6 Å². The number of benzene rings is 1. The van der Waals surface area contributed by atoms with Gasteiger partial charge in [-0.2, -0.15) is 18.7 Å². The number of imidazole rings is 1. The van der Waals surface area contributed by atoms with Crippen LogP contribution in [0.1, 0.15) is 11.4 Å². The minimum absolute atomic E-state index is 0.0264. The van der Waals surface area contributed by atoms with Crippen LogP contribution in [0.3, 0.4) is 0 Å². The molecule has 0 aliphatic carbocycles.